The lowest BCUT2D eigenvalue weighted by Gasteiger charge is -2.19. The van der Waals surface area contributed by atoms with E-state index in [1.165, 1.54) is 4.68 Å². The summed E-state index contributed by atoms with van der Waals surface area (Å²) in [7, 11) is 0. The van der Waals surface area contributed by atoms with E-state index in [-0.39, 0.29) is 29.9 Å². The number of carboxylic acid groups (broad SMARTS) is 1. The third kappa shape index (κ3) is 3.32. The largest absolute Gasteiger partial charge is 0.476 e. The molecule has 112 valence electrons. The fraction of sp³-hybridized carbons (Fsp3) is 0.667. The molecule has 0 aromatic carbocycles. The van der Waals surface area contributed by atoms with Gasteiger partial charge in [0.05, 0.1) is 5.69 Å². The van der Waals surface area contributed by atoms with Crippen LogP contribution in [-0.2, 0) is 11.3 Å². The van der Waals surface area contributed by atoms with Crippen LogP contribution in [0.5, 0.6) is 0 Å². The van der Waals surface area contributed by atoms with Gasteiger partial charge in [0, 0.05) is 12.6 Å². The normalized spacial score (nSPS) is 12.4. The van der Waals surface area contributed by atoms with Crippen LogP contribution in [-0.4, -0.2) is 38.0 Å². The second-order valence-corrected chi connectivity index (χ2v) is 4.54. The molecule has 0 aliphatic heterocycles. The van der Waals surface area contributed by atoms with Crippen LogP contribution < -0.4 is 11.1 Å². The van der Waals surface area contributed by atoms with Crippen molar-refractivity contribution in [2.24, 2.45) is 5.73 Å². The summed E-state index contributed by atoms with van der Waals surface area (Å²) in [5.41, 5.74) is 5.56. The van der Waals surface area contributed by atoms with Crippen molar-refractivity contribution in [1.29, 1.82) is 0 Å². The van der Waals surface area contributed by atoms with Crippen LogP contribution in [0.2, 0.25) is 0 Å². The molecule has 1 aromatic rings. The first-order chi connectivity index (χ1) is 9.46. The number of hydrogen-bond donors (Lipinski definition) is 3. The predicted molar refractivity (Wildman–Crippen MR) is 72.1 cm³/mol. The Morgan fingerprint density at radius 1 is 1.40 bits per heavy atom. The zero-order valence-corrected chi connectivity index (χ0v) is 12.0. The predicted octanol–water partition coefficient (Wildman–Crippen LogP) is 0.301. The smallest absolute Gasteiger partial charge is 0.358 e. The van der Waals surface area contributed by atoms with E-state index in [0.717, 1.165) is 12.8 Å². The Morgan fingerprint density at radius 2 is 2.00 bits per heavy atom. The van der Waals surface area contributed by atoms with Crippen molar-refractivity contribution < 1.29 is 14.7 Å². The fourth-order valence-electron chi connectivity index (χ4n) is 1.91. The SMILES string of the molecule is CCC(CC)NC(=O)C(C)n1nnc(C(=O)O)c1CN. The van der Waals surface area contributed by atoms with Crippen molar-refractivity contribution in [3.8, 4) is 0 Å². The average molecular weight is 283 g/mol. The van der Waals surface area contributed by atoms with Gasteiger partial charge in [0.25, 0.3) is 0 Å². The van der Waals surface area contributed by atoms with Gasteiger partial charge in [0.15, 0.2) is 5.69 Å². The van der Waals surface area contributed by atoms with Gasteiger partial charge < -0.3 is 16.2 Å². The Hall–Kier alpha value is -1.96. The van der Waals surface area contributed by atoms with Gasteiger partial charge in [-0.2, -0.15) is 0 Å². The Bertz CT molecular complexity index is 481. The van der Waals surface area contributed by atoms with E-state index in [1.807, 2.05) is 13.8 Å². The lowest BCUT2D eigenvalue weighted by atomic mass is 10.1. The second-order valence-electron chi connectivity index (χ2n) is 4.54. The fourth-order valence-corrected chi connectivity index (χ4v) is 1.91. The number of amides is 1. The molecule has 1 amide bonds. The maximum atomic E-state index is 12.1. The number of carbonyl (C=O) groups is 2. The van der Waals surface area contributed by atoms with Crippen molar-refractivity contribution in [1.82, 2.24) is 20.3 Å². The molecule has 0 saturated heterocycles. The molecule has 0 fully saturated rings. The van der Waals surface area contributed by atoms with Gasteiger partial charge in [0.2, 0.25) is 5.91 Å². The highest BCUT2D eigenvalue weighted by Gasteiger charge is 2.25. The maximum absolute atomic E-state index is 12.1. The number of carboxylic acids is 1. The first kappa shape index (κ1) is 16.1. The maximum Gasteiger partial charge on any atom is 0.358 e. The summed E-state index contributed by atoms with van der Waals surface area (Å²) >= 11 is 0. The van der Waals surface area contributed by atoms with E-state index >= 15 is 0 Å². The molecular weight excluding hydrogens is 262 g/mol. The van der Waals surface area contributed by atoms with Crippen LogP contribution in [0, 0.1) is 0 Å². The number of rotatable bonds is 7. The highest BCUT2D eigenvalue weighted by atomic mass is 16.4. The lowest BCUT2D eigenvalue weighted by Crippen LogP contribution is -2.39. The molecule has 0 aliphatic carbocycles. The molecule has 8 heteroatoms. The molecule has 1 heterocycles. The van der Waals surface area contributed by atoms with E-state index < -0.39 is 12.0 Å². The van der Waals surface area contributed by atoms with Crippen molar-refractivity contribution in [2.45, 2.75) is 52.2 Å². The van der Waals surface area contributed by atoms with E-state index in [0.29, 0.717) is 0 Å². The Balaban J connectivity index is 2.94. The van der Waals surface area contributed by atoms with Crippen molar-refractivity contribution in [2.75, 3.05) is 0 Å². The number of hydrogen-bond acceptors (Lipinski definition) is 5. The van der Waals surface area contributed by atoms with Crippen LogP contribution in [0.3, 0.4) is 0 Å². The summed E-state index contributed by atoms with van der Waals surface area (Å²) in [4.78, 5) is 23.1. The van der Waals surface area contributed by atoms with Crippen molar-refractivity contribution >= 4 is 11.9 Å². The van der Waals surface area contributed by atoms with E-state index in [9.17, 15) is 9.59 Å². The number of nitrogens with one attached hydrogen (secondary N) is 1. The minimum absolute atomic E-state index is 0.0444. The van der Waals surface area contributed by atoms with Gasteiger partial charge >= 0.3 is 5.97 Å². The molecule has 1 unspecified atom stereocenters. The summed E-state index contributed by atoms with van der Waals surface area (Å²) < 4.78 is 1.27. The van der Waals surface area contributed by atoms with Crippen LogP contribution in [0.4, 0.5) is 0 Å². The Labute approximate surface area is 117 Å². The van der Waals surface area contributed by atoms with Crippen LogP contribution in [0.15, 0.2) is 0 Å². The molecule has 20 heavy (non-hydrogen) atoms. The van der Waals surface area contributed by atoms with Crippen LogP contribution in [0.25, 0.3) is 0 Å². The Morgan fingerprint density at radius 3 is 2.45 bits per heavy atom. The number of aromatic nitrogens is 3. The zero-order chi connectivity index (χ0) is 15.3. The molecule has 1 aromatic heterocycles. The first-order valence-electron chi connectivity index (χ1n) is 6.63. The molecule has 8 nitrogen and oxygen atoms in total. The minimum Gasteiger partial charge on any atom is -0.476 e. The molecular formula is C12H21N5O3. The molecule has 4 N–H and O–H groups in total. The molecule has 1 atom stereocenters. The van der Waals surface area contributed by atoms with Crippen molar-refractivity contribution in [3.05, 3.63) is 11.4 Å². The monoisotopic (exact) mass is 283 g/mol. The number of nitrogens with two attached hydrogens (primary N) is 1. The number of carbonyl (C=O) groups excluding carboxylic acids is 1. The van der Waals surface area contributed by atoms with Gasteiger partial charge in [-0.1, -0.05) is 19.1 Å². The third-order valence-electron chi connectivity index (χ3n) is 3.27. The second kappa shape index (κ2) is 6.99. The highest BCUT2D eigenvalue weighted by Crippen LogP contribution is 2.13. The average Bonchev–Trinajstić information content (AvgIpc) is 2.87. The summed E-state index contributed by atoms with van der Waals surface area (Å²) in [6.45, 7) is 5.57. The summed E-state index contributed by atoms with van der Waals surface area (Å²) in [6, 6.07) is -0.566. The van der Waals surface area contributed by atoms with Gasteiger partial charge in [0.1, 0.15) is 6.04 Å². The van der Waals surface area contributed by atoms with Gasteiger partial charge in [-0.25, -0.2) is 9.48 Å². The summed E-state index contributed by atoms with van der Waals surface area (Å²) in [6.07, 6.45) is 1.66. The standard InChI is InChI=1S/C12H21N5O3/c1-4-8(5-2)14-11(18)7(3)17-9(6-13)10(12(19)20)15-16-17/h7-8H,4-6,13H2,1-3H3,(H,14,18)(H,19,20). The van der Waals surface area contributed by atoms with Gasteiger partial charge in [-0.3, -0.25) is 4.79 Å². The van der Waals surface area contributed by atoms with E-state index in [2.05, 4.69) is 15.6 Å². The lowest BCUT2D eigenvalue weighted by molar-refractivity contribution is -0.125. The van der Waals surface area contributed by atoms with Crippen LogP contribution >= 0.6 is 0 Å². The molecule has 0 radical (unpaired) electrons. The highest BCUT2D eigenvalue weighted by molar-refractivity contribution is 5.87. The summed E-state index contributed by atoms with van der Waals surface area (Å²) in [5.74, 6) is -1.43. The number of nitrogens with zero attached hydrogens (tertiary/aromatic N) is 3. The summed E-state index contributed by atoms with van der Waals surface area (Å²) in [5, 5.41) is 19.2. The molecule has 0 bridgehead atoms. The van der Waals surface area contributed by atoms with Crippen molar-refractivity contribution in [3.63, 3.8) is 0 Å². The number of aromatic carboxylic acids is 1. The zero-order valence-electron chi connectivity index (χ0n) is 12.0. The quantitative estimate of drug-likeness (QED) is 0.661. The van der Waals surface area contributed by atoms with Crippen LogP contribution in [0.1, 0.15) is 55.8 Å². The third-order valence-corrected chi connectivity index (χ3v) is 3.27. The topological polar surface area (TPSA) is 123 Å². The first-order valence-corrected chi connectivity index (χ1v) is 6.63. The van der Waals surface area contributed by atoms with Gasteiger partial charge in [-0.15, -0.1) is 5.10 Å². The van der Waals surface area contributed by atoms with E-state index in [4.69, 9.17) is 10.8 Å². The molecule has 0 saturated carbocycles. The molecule has 0 aliphatic rings. The van der Waals surface area contributed by atoms with Gasteiger partial charge in [-0.05, 0) is 19.8 Å². The van der Waals surface area contributed by atoms with E-state index in [1.54, 1.807) is 6.92 Å². The minimum atomic E-state index is -1.20. The molecule has 1 rings (SSSR count). The molecule has 0 spiro atoms. The Kier molecular flexibility index (Phi) is 5.63.